The Bertz CT molecular complexity index is 712. The summed E-state index contributed by atoms with van der Waals surface area (Å²) >= 11 is 9.59. The number of carbonyl (C=O) groups is 1. The summed E-state index contributed by atoms with van der Waals surface area (Å²) in [4.78, 5) is 10.8. The molecule has 0 unspecified atom stereocenters. The quantitative estimate of drug-likeness (QED) is 0.602. The Hall–Kier alpha value is -1.92. The first kappa shape index (κ1) is 17.4. The second kappa shape index (κ2) is 8.08. The molecule has 0 aliphatic rings. The summed E-state index contributed by atoms with van der Waals surface area (Å²) < 4.78 is 19.2. The van der Waals surface area contributed by atoms with E-state index in [1.54, 1.807) is 24.3 Å². The molecule has 7 heteroatoms. The zero-order chi connectivity index (χ0) is 16.8. The normalized spacial score (nSPS) is 10.8. The molecule has 0 saturated heterocycles. The molecule has 2 rings (SSSR count). The van der Waals surface area contributed by atoms with E-state index in [9.17, 15) is 9.18 Å². The highest BCUT2D eigenvalue weighted by Gasteiger charge is 2.09. The molecular weight excluding hydrogens is 387 g/mol. The summed E-state index contributed by atoms with van der Waals surface area (Å²) in [6.45, 7) is 1.63. The zero-order valence-electron chi connectivity index (χ0n) is 12.1. The van der Waals surface area contributed by atoms with Crippen molar-refractivity contribution in [3.05, 3.63) is 62.8 Å². The van der Waals surface area contributed by atoms with Crippen LogP contribution in [0.4, 0.5) is 4.39 Å². The molecule has 2 aromatic carbocycles. The molecule has 1 amide bonds. The number of halogens is 3. The number of nitrogens with zero attached hydrogens (tertiary/aromatic N) is 1. The van der Waals surface area contributed by atoms with E-state index in [0.717, 1.165) is 5.56 Å². The maximum absolute atomic E-state index is 12.9. The summed E-state index contributed by atoms with van der Waals surface area (Å²) in [5.74, 6) is -0.0749. The van der Waals surface area contributed by atoms with Gasteiger partial charge in [0.25, 0.3) is 0 Å². The first-order valence-corrected chi connectivity index (χ1v) is 7.78. The van der Waals surface area contributed by atoms with Crippen LogP contribution in [0.3, 0.4) is 0 Å². The van der Waals surface area contributed by atoms with Crippen molar-refractivity contribution in [3.8, 4) is 5.75 Å². The lowest BCUT2D eigenvalue weighted by Gasteiger charge is -2.11. The number of hydrogen-bond acceptors (Lipinski definition) is 3. The minimum Gasteiger partial charge on any atom is -0.486 e. The van der Waals surface area contributed by atoms with Crippen LogP contribution in [0.5, 0.6) is 5.75 Å². The summed E-state index contributed by atoms with van der Waals surface area (Å²) in [7, 11) is 0. The highest BCUT2D eigenvalue weighted by molar-refractivity contribution is 9.10. The fourth-order valence-electron chi connectivity index (χ4n) is 1.73. The standard InChI is InChI=1S/C16H13BrClFN2O2/c1-10(22)21-20-8-12-6-14(17)16(15(18)7-12)23-9-11-2-4-13(19)5-3-11/h2-8H,9H2,1H3,(H,21,22)/b20-8-. The van der Waals surface area contributed by atoms with E-state index in [1.165, 1.54) is 25.3 Å². The molecule has 1 N–H and O–H groups in total. The second-order valence-electron chi connectivity index (χ2n) is 4.66. The first-order valence-electron chi connectivity index (χ1n) is 6.61. The molecule has 120 valence electrons. The van der Waals surface area contributed by atoms with Crippen molar-refractivity contribution in [3.63, 3.8) is 0 Å². The third-order valence-corrected chi connectivity index (χ3v) is 3.62. The summed E-state index contributed by atoms with van der Waals surface area (Å²) in [5, 5.41) is 4.17. The Labute approximate surface area is 146 Å². The number of carbonyl (C=O) groups excluding carboxylic acids is 1. The van der Waals surface area contributed by atoms with Gasteiger partial charge >= 0.3 is 0 Å². The lowest BCUT2D eigenvalue weighted by molar-refractivity contribution is -0.118. The molecule has 0 spiro atoms. The van der Waals surface area contributed by atoms with E-state index in [0.29, 0.717) is 20.8 Å². The molecule has 0 bridgehead atoms. The van der Waals surface area contributed by atoms with Crippen molar-refractivity contribution >= 4 is 39.7 Å². The van der Waals surface area contributed by atoms with Gasteiger partial charge in [-0.05, 0) is 51.3 Å². The zero-order valence-corrected chi connectivity index (χ0v) is 14.5. The largest absolute Gasteiger partial charge is 0.486 e. The lowest BCUT2D eigenvalue weighted by Crippen LogP contribution is -2.12. The highest BCUT2D eigenvalue weighted by atomic mass is 79.9. The average Bonchev–Trinajstić information content (AvgIpc) is 2.48. The average molecular weight is 400 g/mol. The SMILES string of the molecule is CC(=O)N/N=C\c1cc(Cl)c(OCc2ccc(F)cc2)c(Br)c1. The van der Waals surface area contributed by atoms with E-state index < -0.39 is 0 Å². The maximum Gasteiger partial charge on any atom is 0.236 e. The van der Waals surface area contributed by atoms with Crippen molar-refractivity contribution in [1.29, 1.82) is 0 Å². The van der Waals surface area contributed by atoms with Crippen LogP contribution in [0.2, 0.25) is 5.02 Å². The van der Waals surface area contributed by atoms with Gasteiger partial charge in [-0.3, -0.25) is 4.79 Å². The molecule has 2 aromatic rings. The third kappa shape index (κ3) is 5.33. The molecular formula is C16H13BrClFN2O2. The van der Waals surface area contributed by atoms with Crippen molar-refractivity contribution in [2.75, 3.05) is 0 Å². The van der Waals surface area contributed by atoms with Crippen LogP contribution < -0.4 is 10.2 Å². The van der Waals surface area contributed by atoms with Gasteiger partial charge in [0.05, 0.1) is 15.7 Å². The van der Waals surface area contributed by atoms with Gasteiger partial charge in [-0.25, -0.2) is 9.82 Å². The van der Waals surface area contributed by atoms with Crippen LogP contribution in [0.15, 0.2) is 46.0 Å². The molecule has 0 fully saturated rings. The number of hydrogen-bond donors (Lipinski definition) is 1. The van der Waals surface area contributed by atoms with Gasteiger partial charge in [-0.15, -0.1) is 0 Å². The van der Waals surface area contributed by atoms with Gasteiger partial charge in [0.15, 0.2) is 5.75 Å². The van der Waals surface area contributed by atoms with E-state index in [-0.39, 0.29) is 18.3 Å². The minimum atomic E-state index is -0.296. The van der Waals surface area contributed by atoms with Gasteiger partial charge < -0.3 is 4.74 Å². The number of rotatable bonds is 5. The predicted octanol–water partition coefficient (Wildman–Crippen LogP) is 4.29. The second-order valence-corrected chi connectivity index (χ2v) is 5.92. The Balaban J connectivity index is 2.09. The molecule has 0 aliphatic heterocycles. The Morgan fingerprint density at radius 3 is 2.70 bits per heavy atom. The van der Waals surface area contributed by atoms with Gasteiger partial charge in [0, 0.05) is 6.92 Å². The number of ether oxygens (including phenoxy) is 1. The van der Waals surface area contributed by atoms with Crippen molar-refractivity contribution in [1.82, 2.24) is 5.43 Å². The first-order chi connectivity index (χ1) is 11.0. The summed E-state index contributed by atoms with van der Waals surface area (Å²) in [6.07, 6.45) is 1.47. The van der Waals surface area contributed by atoms with Crippen LogP contribution in [0.1, 0.15) is 18.1 Å². The van der Waals surface area contributed by atoms with E-state index in [2.05, 4.69) is 26.5 Å². The number of hydrazone groups is 1. The monoisotopic (exact) mass is 398 g/mol. The third-order valence-electron chi connectivity index (χ3n) is 2.75. The smallest absolute Gasteiger partial charge is 0.236 e. The summed E-state index contributed by atoms with van der Waals surface area (Å²) in [5.41, 5.74) is 3.83. The predicted molar refractivity (Wildman–Crippen MR) is 91.3 cm³/mol. The fraction of sp³-hybridized carbons (Fsp3) is 0.125. The molecule has 0 aromatic heterocycles. The Morgan fingerprint density at radius 2 is 2.09 bits per heavy atom. The molecule has 0 radical (unpaired) electrons. The fourth-order valence-corrected chi connectivity index (χ4v) is 2.71. The van der Waals surface area contributed by atoms with Crippen molar-refractivity contribution in [2.45, 2.75) is 13.5 Å². The lowest BCUT2D eigenvalue weighted by atomic mass is 10.2. The molecule has 23 heavy (non-hydrogen) atoms. The minimum absolute atomic E-state index is 0.259. The maximum atomic E-state index is 12.9. The Kier molecular flexibility index (Phi) is 6.12. The topological polar surface area (TPSA) is 50.7 Å². The molecule has 0 saturated carbocycles. The van der Waals surface area contributed by atoms with Gasteiger partial charge in [0.1, 0.15) is 12.4 Å². The van der Waals surface area contributed by atoms with Crippen molar-refractivity contribution < 1.29 is 13.9 Å². The van der Waals surface area contributed by atoms with Crippen LogP contribution in [0, 0.1) is 5.82 Å². The van der Waals surface area contributed by atoms with Gasteiger partial charge in [0.2, 0.25) is 5.91 Å². The van der Waals surface area contributed by atoms with E-state index in [4.69, 9.17) is 16.3 Å². The highest BCUT2D eigenvalue weighted by Crippen LogP contribution is 2.34. The van der Waals surface area contributed by atoms with E-state index in [1.807, 2.05) is 0 Å². The molecule has 0 heterocycles. The van der Waals surface area contributed by atoms with Crippen LogP contribution in [-0.2, 0) is 11.4 Å². The van der Waals surface area contributed by atoms with Crippen molar-refractivity contribution in [2.24, 2.45) is 5.10 Å². The summed E-state index contributed by atoms with van der Waals surface area (Å²) in [6, 6.07) is 9.46. The van der Waals surface area contributed by atoms with Crippen LogP contribution in [-0.4, -0.2) is 12.1 Å². The number of nitrogens with one attached hydrogen (secondary N) is 1. The molecule has 0 atom stereocenters. The number of amides is 1. The van der Waals surface area contributed by atoms with Gasteiger partial charge in [-0.1, -0.05) is 23.7 Å². The van der Waals surface area contributed by atoms with Crippen LogP contribution >= 0.6 is 27.5 Å². The Morgan fingerprint density at radius 1 is 1.39 bits per heavy atom. The van der Waals surface area contributed by atoms with Gasteiger partial charge in [-0.2, -0.15) is 5.10 Å². The number of benzene rings is 2. The molecule has 0 aliphatic carbocycles. The molecule has 4 nitrogen and oxygen atoms in total. The van der Waals surface area contributed by atoms with Crippen LogP contribution in [0.25, 0.3) is 0 Å². The van der Waals surface area contributed by atoms with E-state index >= 15 is 0 Å².